The second-order valence-electron chi connectivity index (χ2n) is 4.69. The van der Waals surface area contributed by atoms with E-state index >= 15 is 0 Å². The first-order chi connectivity index (χ1) is 10.7. The number of benzene rings is 1. The van der Waals surface area contributed by atoms with Crippen molar-refractivity contribution < 1.29 is 14.3 Å². The Hall–Kier alpha value is -3.02. The van der Waals surface area contributed by atoms with Crippen molar-refractivity contribution in [1.82, 2.24) is 15.8 Å². The molecule has 112 valence electrons. The van der Waals surface area contributed by atoms with Crippen molar-refractivity contribution in [2.24, 2.45) is 0 Å². The monoisotopic (exact) mass is 297 g/mol. The van der Waals surface area contributed by atoms with Crippen molar-refractivity contribution in [3.05, 3.63) is 60.9 Å². The van der Waals surface area contributed by atoms with E-state index in [4.69, 9.17) is 9.47 Å². The quantitative estimate of drug-likeness (QED) is 0.837. The smallest absolute Gasteiger partial charge is 0.282 e. The third-order valence-corrected chi connectivity index (χ3v) is 3.17. The van der Waals surface area contributed by atoms with Gasteiger partial charge in [-0.15, -0.1) is 0 Å². The fourth-order valence-electron chi connectivity index (χ4n) is 1.99. The van der Waals surface area contributed by atoms with E-state index in [2.05, 4.69) is 22.4 Å². The van der Waals surface area contributed by atoms with Crippen LogP contribution in [-0.2, 0) is 4.79 Å². The molecule has 0 aliphatic carbocycles. The van der Waals surface area contributed by atoms with Crippen molar-refractivity contribution in [2.45, 2.75) is 6.10 Å². The summed E-state index contributed by atoms with van der Waals surface area (Å²) in [7, 11) is 0. The molecule has 1 aliphatic heterocycles. The first kappa shape index (κ1) is 13.9. The minimum atomic E-state index is -0.715. The van der Waals surface area contributed by atoms with Gasteiger partial charge >= 0.3 is 0 Å². The zero-order valence-corrected chi connectivity index (χ0v) is 11.8. The summed E-state index contributed by atoms with van der Waals surface area (Å²) in [4.78, 5) is 16.0. The number of nitrogens with zero attached hydrogens (tertiary/aromatic N) is 1. The largest absolute Gasteiger partial charge is 0.485 e. The maximum absolute atomic E-state index is 12.1. The van der Waals surface area contributed by atoms with Crippen LogP contribution in [0.3, 0.4) is 0 Å². The van der Waals surface area contributed by atoms with Crippen LogP contribution >= 0.6 is 0 Å². The van der Waals surface area contributed by atoms with Crippen molar-refractivity contribution in [2.75, 3.05) is 6.61 Å². The van der Waals surface area contributed by atoms with E-state index in [1.165, 1.54) is 0 Å². The molecule has 0 fully saturated rings. The summed E-state index contributed by atoms with van der Waals surface area (Å²) >= 11 is 0. The summed E-state index contributed by atoms with van der Waals surface area (Å²) in [5.74, 6) is 0.868. The number of carbonyl (C=O) groups is 1. The minimum absolute atomic E-state index is 0.159. The van der Waals surface area contributed by atoms with E-state index in [9.17, 15) is 4.79 Å². The minimum Gasteiger partial charge on any atom is -0.485 e. The van der Waals surface area contributed by atoms with Crippen LogP contribution in [0.2, 0.25) is 0 Å². The summed E-state index contributed by atoms with van der Waals surface area (Å²) < 4.78 is 11.1. The average Bonchev–Trinajstić information content (AvgIpc) is 2.59. The molecule has 0 bridgehead atoms. The lowest BCUT2D eigenvalue weighted by Gasteiger charge is -2.25. The number of fused-ring (bicyclic) bond motifs is 1. The summed E-state index contributed by atoms with van der Waals surface area (Å²) in [6.45, 7) is 4.01. The lowest BCUT2D eigenvalue weighted by Crippen LogP contribution is -2.48. The maximum Gasteiger partial charge on any atom is 0.282 e. The standard InChI is InChI=1S/C16H15N3O3/c1-11(12-6-8-17-9-7-12)18-19-16(20)15-10-21-13-4-2-3-5-14(13)22-15/h2-9,15,18H,1,10H2,(H,19,20)/t15-/m1/s1. The highest BCUT2D eigenvalue weighted by atomic mass is 16.6. The molecule has 0 saturated heterocycles. The van der Waals surface area contributed by atoms with Gasteiger partial charge in [-0.1, -0.05) is 18.7 Å². The Labute approximate surface area is 127 Å². The third-order valence-electron chi connectivity index (χ3n) is 3.17. The molecular formula is C16H15N3O3. The molecule has 1 atom stereocenters. The van der Waals surface area contributed by atoms with Gasteiger partial charge in [-0.2, -0.15) is 0 Å². The van der Waals surface area contributed by atoms with Gasteiger partial charge in [0.1, 0.15) is 6.61 Å². The van der Waals surface area contributed by atoms with E-state index in [1.54, 1.807) is 36.7 Å². The van der Waals surface area contributed by atoms with Crippen LogP contribution in [-0.4, -0.2) is 23.6 Å². The van der Waals surface area contributed by atoms with E-state index in [-0.39, 0.29) is 12.5 Å². The summed E-state index contributed by atoms with van der Waals surface area (Å²) in [6, 6.07) is 10.8. The Morgan fingerprint density at radius 1 is 1.14 bits per heavy atom. The maximum atomic E-state index is 12.1. The molecule has 1 aromatic heterocycles. The molecule has 6 heteroatoms. The van der Waals surface area contributed by atoms with Crippen molar-refractivity contribution >= 4 is 11.6 Å². The van der Waals surface area contributed by atoms with Gasteiger partial charge < -0.3 is 9.47 Å². The number of aromatic nitrogens is 1. The highest BCUT2D eigenvalue weighted by molar-refractivity contribution is 5.82. The van der Waals surface area contributed by atoms with Crippen molar-refractivity contribution in [3.8, 4) is 11.5 Å². The van der Waals surface area contributed by atoms with Gasteiger partial charge in [0.15, 0.2) is 11.5 Å². The second-order valence-corrected chi connectivity index (χ2v) is 4.69. The number of nitrogens with one attached hydrogen (secondary N) is 2. The van der Waals surface area contributed by atoms with Crippen LogP contribution in [0.1, 0.15) is 5.56 Å². The summed E-state index contributed by atoms with van der Waals surface area (Å²) in [5.41, 5.74) is 6.73. The topological polar surface area (TPSA) is 72.5 Å². The molecule has 1 aromatic carbocycles. The number of hydrazine groups is 1. The normalized spacial score (nSPS) is 15.7. The molecular weight excluding hydrogens is 282 g/mol. The molecule has 6 nitrogen and oxygen atoms in total. The first-order valence-electron chi connectivity index (χ1n) is 6.77. The Kier molecular flexibility index (Phi) is 3.91. The number of amides is 1. The highest BCUT2D eigenvalue weighted by Gasteiger charge is 2.27. The van der Waals surface area contributed by atoms with Gasteiger partial charge in [-0.3, -0.25) is 20.6 Å². The zero-order chi connectivity index (χ0) is 15.4. The molecule has 0 saturated carbocycles. The fourth-order valence-corrected chi connectivity index (χ4v) is 1.99. The number of pyridine rings is 1. The molecule has 0 radical (unpaired) electrons. The fraction of sp³-hybridized carbons (Fsp3) is 0.125. The van der Waals surface area contributed by atoms with Crippen LogP contribution in [0, 0.1) is 0 Å². The Bertz CT molecular complexity index is 688. The van der Waals surface area contributed by atoms with E-state index in [0.717, 1.165) is 5.56 Å². The number of para-hydroxylation sites is 2. The van der Waals surface area contributed by atoms with Gasteiger partial charge in [-0.25, -0.2) is 0 Å². The number of hydrogen-bond acceptors (Lipinski definition) is 5. The lowest BCUT2D eigenvalue weighted by atomic mass is 10.2. The van der Waals surface area contributed by atoms with Gasteiger partial charge in [0, 0.05) is 18.0 Å². The molecule has 2 heterocycles. The molecule has 0 unspecified atom stereocenters. The zero-order valence-electron chi connectivity index (χ0n) is 11.8. The third kappa shape index (κ3) is 3.01. The van der Waals surface area contributed by atoms with Crippen LogP contribution in [0.15, 0.2) is 55.4 Å². The van der Waals surface area contributed by atoms with E-state index < -0.39 is 6.10 Å². The molecule has 2 N–H and O–H groups in total. The molecule has 1 amide bonds. The Balaban J connectivity index is 1.56. The molecule has 1 aliphatic rings. The van der Waals surface area contributed by atoms with Gasteiger partial charge in [0.25, 0.3) is 5.91 Å². The van der Waals surface area contributed by atoms with Crippen LogP contribution in [0.5, 0.6) is 11.5 Å². The number of rotatable bonds is 4. The second kappa shape index (κ2) is 6.17. The van der Waals surface area contributed by atoms with Gasteiger partial charge in [0.05, 0.1) is 5.70 Å². The average molecular weight is 297 g/mol. The Morgan fingerprint density at radius 3 is 2.64 bits per heavy atom. The molecule has 3 rings (SSSR count). The summed E-state index contributed by atoms with van der Waals surface area (Å²) in [5, 5.41) is 0. The number of ether oxygens (including phenoxy) is 2. The highest BCUT2D eigenvalue weighted by Crippen LogP contribution is 2.30. The predicted octanol–water partition coefficient (Wildman–Crippen LogP) is 1.51. The van der Waals surface area contributed by atoms with Crippen LogP contribution < -0.4 is 20.3 Å². The first-order valence-corrected chi connectivity index (χ1v) is 6.77. The van der Waals surface area contributed by atoms with Crippen LogP contribution in [0.4, 0.5) is 0 Å². The van der Waals surface area contributed by atoms with Gasteiger partial charge in [-0.05, 0) is 24.3 Å². The van der Waals surface area contributed by atoms with E-state index in [1.807, 2.05) is 12.1 Å². The van der Waals surface area contributed by atoms with Crippen molar-refractivity contribution in [1.29, 1.82) is 0 Å². The summed E-state index contributed by atoms with van der Waals surface area (Å²) in [6.07, 6.45) is 2.59. The molecule has 0 spiro atoms. The van der Waals surface area contributed by atoms with Crippen molar-refractivity contribution in [3.63, 3.8) is 0 Å². The predicted molar refractivity (Wildman–Crippen MR) is 80.9 cm³/mol. The SMILES string of the molecule is C=C(NNC(=O)[C@H]1COc2ccccc2O1)c1ccncc1. The lowest BCUT2D eigenvalue weighted by molar-refractivity contribution is -0.131. The number of carbonyl (C=O) groups excluding carboxylic acids is 1. The van der Waals surface area contributed by atoms with E-state index in [0.29, 0.717) is 17.2 Å². The van der Waals surface area contributed by atoms with Gasteiger partial charge in [0.2, 0.25) is 6.10 Å². The number of hydrogen-bond donors (Lipinski definition) is 2. The molecule has 2 aromatic rings. The Morgan fingerprint density at radius 2 is 1.86 bits per heavy atom. The molecule has 22 heavy (non-hydrogen) atoms. The van der Waals surface area contributed by atoms with Crippen LogP contribution in [0.25, 0.3) is 5.70 Å².